The van der Waals surface area contributed by atoms with Gasteiger partial charge in [-0.05, 0) is 105 Å². The van der Waals surface area contributed by atoms with Crippen molar-refractivity contribution in [3.05, 3.63) is 257 Å². The zero-order valence-corrected chi connectivity index (χ0v) is 39.1. The number of halogens is 1. The second kappa shape index (κ2) is 30.3. The molecule has 0 heterocycles. The molecule has 0 saturated carbocycles. The van der Waals surface area contributed by atoms with E-state index in [0.29, 0.717) is 41.9 Å². The molecule has 70 heavy (non-hydrogen) atoms. The molecule has 8 aromatic carbocycles. The maximum Gasteiger partial charge on any atom is 0.244 e. The van der Waals surface area contributed by atoms with E-state index in [9.17, 15) is 23.6 Å². The highest BCUT2D eigenvalue weighted by Gasteiger charge is 2.05. The van der Waals surface area contributed by atoms with Crippen LogP contribution in [0.1, 0.15) is 54.1 Å². The third kappa shape index (κ3) is 20.7. The third-order valence-electron chi connectivity index (χ3n) is 9.50. The van der Waals surface area contributed by atoms with Crippen LogP contribution in [-0.4, -0.2) is 35.7 Å². The molecule has 12 heteroatoms. The summed E-state index contributed by atoms with van der Waals surface area (Å²) in [6.07, 6.45) is 3.52. The standard InChI is InChI=1S/C22H20N2O2.C14H12O2.C8H10N2O.C7H5FO.C7H8O/c1-17-11-13-20(14-12-17)26-21-10-6-5-9-19(21)16-23-24-22(25)15-18-7-3-2-4-8-18;1-11-6-8-13(9-7-11)16-14-5-3-2-4-12(14)10-15;9-10-8(11)6-7-4-2-1-3-5-7;8-7-4-2-1-3-6(7)5-9;1-6-2-4-7(8)5-3-6/h2-14,16H,15H2,1H3,(H,24,25);2-10H,1H3;1-5H,6,9H2,(H,10,11);1-5H;2-5,8H,1H3/b23-16+;;;;. The lowest BCUT2D eigenvalue weighted by atomic mass is 10.1. The maximum absolute atomic E-state index is 12.4. The molecule has 8 aromatic rings. The molecule has 0 fully saturated rings. The summed E-state index contributed by atoms with van der Waals surface area (Å²) >= 11 is 0. The van der Waals surface area contributed by atoms with E-state index in [1.54, 1.807) is 42.6 Å². The van der Waals surface area contributed by atoms with Crippen LogP contribution in [0.2, 0.25) is 0 Å². The van der Waals surface area contributed by atoms with Gasteiger partial charge in [0.05, 0.1) is 30.2 Å². The van der Waals surface area contributed by atoms with Crippen LogP contribution in [-0.2, 0) is 22.4 Å². The number of aldehydes is 2. The number of nitrogens with two attached hydrogens (primary N) is 1. The minimum absolute atomic E-state index is 0.109. The van der Waals surface area contributed by atoms with E-state index in [2.05, 4.69) is 16.0 Å². The van der Waals surface area contributed by atoms with E-state index in [4.69, 9.17) is 20.4 Å². The topological polar surface area (TPSA) is 169 Å². The number of hydrogen-bond donors (Lipinski definition) is 4. The quantitative estimate of drug-likeness (QED) is 0.0308. The average Bonchev–Trinajstić information content (AvgIpc) is 3.38. The number of benzene rings is 8. The molecule has 0 bridgehead atoms. The normalized spacial score (nSPS) is 9.84. The summed E-state index contributed by atoms with van der Waals surface area (Å²) in [5.74, 6) is 7.20. The molecule has 0 spiro atoms. The number of amides is 2. The van der Waals surface area contributed by atoms with Crippen molar-refractivity contribution < 1.29 is 38.1 Å². The Morgan fingerprint density at radius 1 is 0.514 bits per heavy atom. The number of ether oxygens (including phenoxy) is 2. The molecular weight excluding hydrogens is 884 g/mol. The molecular formula is C58H55FN4O7. The Kier molecular flexibility index (Phi) is 23.2. The van der Waals surface area contributed by atoms with Gasteiger partial charge in [0.1, 0.15) is 34.6 Å². The fourth-order valence-electron chi connectivity index (χ4n) is 5.76. The Bertz CT molecular complexity index is 2820. The summed E-state index contributed by atoms with van der Waals surface area (Å²) in [7, 11) is 0. The number of phenols is 1. The molecule has 0 aromatic heterocycles. The number of hydrazine groups is 1. The van der Waals surface area contributed by atoms with Crippen LogP contribution < -0.4 is 26.2 Å². The Balaban J connectivity index is 0.000000206. The Hall–Kier alpha value is -9.00. The molecule has 0 radical (unpaired) electrons. The Labute approximate surface area is 408 Å². The number of rotatable bonds is 12. The van der Waals surface area contributed by atoms with Crippen LogP contribution in [0.5, 0.6) is 28.7 Å². The van der Waals surface area contributed by atoms with Crippen LogP contribution in [0, 0.1) is 26.6 Å². The summed E-state index contributed by atoms with van der Waals surface area (Å²) in [5, 5.41) is 12.8. The van der Waals surface area contributed by atoms with Crippen molar-refractivity contribution in [1.82, 2.24) is 10.9 Å². The molecule has 0 unspecified atom stereocenters. The van der Waals surface area contributed by atoms with Crippen LogP contribution in [0.3, 0.4) is 0 Å². The minimum Gasteiger partial charge on any atom is -0.508 e. The van der Waals surface area contributed by atoms with Crippen molar-refractivity contribution in [2.24, 2.45) is 10.9 Å². The Morgan fingerprint density at radius 2 is 0.900 bits per heavy atom. The van der Waals surface area contributed by atoms with E-state index in [0.717, 1.165) is 34.5 Å². The number of aromatic hydroxyl groups is 1. The first-order valence-electron chi connectivity index (χ1n) is 21.9. The van der Waals surface area contributed by atoms with Crippen molar-refractivity contribution in [3.8, 4) is 28.7 Å². The lowest BCUT2D eigenvalue weighted by Gasteiger charge is -2.08. The summed E-state index contributed by atoms with van der Waals surface area (Å²) in [6, 6.07) is 62.2. The minimum atomic E-state index is -0.465. The molecule has 0 atom stereocenters. The number of hydrogen-bond acceptors (Lipinski definition) is 9. The maximum atomic E-state index is 12.4. The van der Waals surface area contributed by atoms with Gasteiger partial charge in [0.25, 0.3) is 0 Å². The predicted octanol–water partition coefficient (Wildman–Crippen LogP) is 11.6. The molecule has 0 aliphatic heterocycles. The third-order valence-corrected chi connectivity index (χ3v) is 9.50. The van der Waals surface area contributed by atoms with E-state index >= 15 is 0 Å². The zero-order chi connectivity index (χ0) is 50.4. The van der Waals surface area contributed by atoms with Gasteiger partial charge < -0.3 is 14.6 Å². The second-order valence-electron chi connectivity index (χ2n) is 15.2. The first-order chi connectivity index (χ1) is 34.0. The first kappa shape index (κ1) is 53.6. The smallest absolute Gasteiger partial charge is 0.244 e. The van der Waals surface area contributed by atoms with Crippen molar-refractivity contribution in [3.63, 3.8) is 0 Å². The number of nitrogens with one attached hydrogen (secondary N) is 2. The average molecular weight is 939 g/mol. The molecule has 0 aliphatic carbocycles. The van der Waals surface area contributed by atoms with Gasteiger partial charge in [-0.15, -0.1) is 0 Å². The van der Waals surface area contributed by atoms with Gasteiger partial charge in [-0.2, -0.15) is 5.10 Å². The van der Waals surface area contributed by atoms with Gasteiger partial charge in [-0.25, -0.2) is 15.7 Å². The summed E-state index contributed by atoms with van der Waals surface area (Å²) in [5.41, 5.74) is 11.5. The highest BCUT2D eigenvalue weighted by molar-refractivity contribution is 5.86. The molecule has 0 aliphatic rings. The van der Waals surface area contributed by atoms with Crippen molar-refractivity contribution in [2.45, 2.75) is 33.6 Å². The van der Waals surface area contributed by atoms with Crippen molar-refractivity contribution >= 4 is 30.6 Å². The van der Waals surface area contributed by atoms with E-state index in [-0.39, 0.29) is 17.4 Å². The van der Waals surface area contributed by atoms with Crippen LogP contribution in [0.15, 0.2) is 211 Å². The molecule has 8 rings (SSSR count). The number of nitrogens with zero attached hydrogens (tertiary/aromatic N) is 1. The van der Waals surface area contributed by atoms with E-state index in [1.165, 1.54) is 28.8 Å². The highest BCUT2D eigenvalue weighted by atomic mass is 19.1. The monoisotopic (exact) mass is 938 g/mol. The summed E-state index contributed by atoms with van der Waals surface area (Å²) < 4.78 is 23.9. The largest absolute Gasteiger partial charge is 0.508 e. The lowest BCUT2D eigenvalue weighted by Crippen LogP contribution is -2.31. The highest BCUT2D eigenvalue weighted by Crippen LogP contribution is 2.25. The molecule has 0 saturated heterocycles. The Morgan fingerprint density at radius 3 is 1.33 bits per heavy atom. The fourth-order valence-corrected chi connectivity index (χ4v) is 5.76. The summed E-state index contributed by atoms with van der Waals surface area (Å²) in [4.78, 5) is 43.5. The number of aryl methyl sites for hydroxylation is 3. The zero-order valence-electron chi connectivity index (χ0n) is 39.1. The van der Waals surface area contributed by atoms with E-state index in [1.807, 2.05) is 178 Å². The van der Waals surface area contributed by atoms with Crippen molar-refractivity contribution in [2.75, 3.05) is 0 Å². The molecule has 2 amide bonds. The van der Waals surface area contributed by atoms with Gasteiger partial charge in [-0.1, -0.05) is 150 Å². The first-order valence-corrected chi connectivity index (χ1v) is 21.9. The SMILES string of the molecule is Cc1ccc(O)cc1.Cc1ccc(Oc2ccccc2/C=N/NC(=O)Cc2ccccc2)cc1.Cc1ccc(Oc2ccccc2C=O)cc1.NNC(=O)Cc1ccccc1.O=Cc1ccccc1F. The van der Waals surface area contributed by atoms with E-state index < -0.39 is 5.82 Å². The number of carbonyl (C=O) groups excluding carboxylic acids is 4. The van der Waals surface area contributed by atoms with Crippen LogP contribution in [0.25, 0.3) is 0 Å². The van der Waals surface area contributed by atoms with Gasteiger partial charge in [0.15, 0.2) is 12.6 Å². The number of phenolic OH excluding ortho intramolecular Hbond substituents is 1. The van der Waals surface area contributed by atoms with Gasteiger partial charge in [0.2, 0.25) is 11.8 Å². The predicted molar refractivity (Wildman–Crippen MR) is 274 cm³/mol. The number of hydrazone groups is 1. The second-order valence-corrected chi connectivity index (χ2v) is 15.2. The van der Waals surface area contributed by atoms with Crippen LogP contribution in [0.4, 0.5) is 4.39 Å². The molecule has 5 N–H and O–H groups in total. The van der Waals surface area contributed by atoms with Crippen LogP contribution >= 0.6 is 0 Å². The lowest BCUT2D eigenvalue weighted by molar-refractivity contribution is -0.121. The van der Waals surface area contributed by atoms with Gasteiger partial charge in [-0.3, -0.25) is 24.6 Å². The van der Waals surface area contributed by atoms with Crippen molar-refractivity contribution in [1.29, 1.82) is 0 Å². The van der Waals surface area contributed by atoms with Gasteiger partial charge >= 0.3 is 0 Å². The number of carbonyl (C=O) groups is 4. The summed E-state index contributed by atoms with van der Waals surface area (Å²) in [6.45, 7) is 6.03. The van der Waals surface area contributed by atoms with Gasteiger partial charge in [0, 0.05) is 5.56 Å². The number of para-hydroxylation sites is 2. The fraction of sp³-hybridized carbons (Fsp3) is 0.0862. The molecule has 356 valence electrons. The molecule has 11 nitrogen and oxygen atoms in total.